The van der Waals surface area contributed by atoms with Crippen molar-refractivity contribution < 1.29 is 17.9 Å². The van der Waals surface area contributed by atoms with E-state index < -0.39 is 11.7 Å². The Hall–Kier alpha value is -2.54. The zero-order valence-electron chi connectivity index (χ0n) is 15.0. The van der Waals surface area contributed by atoms with E-state index in [1.165, 1.54) is 18.2 Å². The minimum Gasteiger partial charge on any atom is -0.487 e. The van der Waals surface area contributed by atoms with E-state index in [9.17, 15) is 18.0 Å². The molecule has 0 aliphatic heterocycles. The van der Waals surface area contributed by atoms with E-state index in [4.69, 9.17) is 4.74 Å². The second kappa shape index (κ2) is 8.22. The fourth-order valence-corrected chi connectivity index (χ4v) is 3.30. The molecule has 0 spiro atoms. The second-order valence-electron chi connectivity index (χ2n) is 6.28. The molecule has 0 N–H and O–H groups in total. The van der Waals surface area contributed by atoms with E-state index in [0.717, 1.165) is 11.6 Å². The van der Waals surface area contributed by atoms with Crippen LogP contribution in [0.4, 0.5) is 13.2 Å². The number of aryl methyl sites for hydroxylation is 1. The maximum absolute atomic E-state index is 13.1. The average molecular weight is 452 g/mol. The molecule has 0 aliphatic rings. The first-order valence-corrected chi connectivity index (χ1v) is 9.28. The van der Waals surface area contributed by atoms with Gasteiger partial charge in [-0.3, -0.25) is 4.79 Å². The van der Waals surface area contributed by atoms with Crippen LogP contribution >= 0.6 is 15.9 Å². The van der Waals surface area contributed by atoms with E-state index in [1.807, 2.05) is 30.3 Å². The SMILES string of the molecule is Cc1cc(OCc2ccccc2C(F)(F)F)c(Br)c(=O)n1Cc1ccccc1. The molecule has 0 fully saturated rings. The summed E-state index contributed by atoms with van der Waals surface area (Å²) in [5.74, 6) is 0.212. The summed E-state index contributed by atoms with van der Waals surface area (Å²) in [6.45, 7) is 1.85. The van der Waals surface area contributed by atoms with Crippen molar-refractivity contribution in [1.29, 1.82) is 0 Å². The van der Waals surface area contributed by atoms with Crippen molar-refractivity contribution in [2.24, 2.45) is 0 Å². The van der Waals surface area contributed by atoms with Gasteiger partial charge in [0, 0.05) is 17.3 Å². The lowest BCUT2D eigenvalue weighted by molar-refractivity contribution is -0.138. The summed E-state index contributed by atoms with van der Waals surface area (Å²) in [6.07, 6.45) is -4.47. The molecule has 0 atom stereocenters. The molecule has 146 valence electrons. The van der Waals surface area contributed by atoms with Gasteiger partial charge in [-0.1, -0.05) is 48.5 Å². The van der Waals surface area contributed by atoms with Crippen LogP contribution in [0.3, 0.4) is 0 Å². The van der Waals surface area contributed by atoms with Crippen LogP contribution in [0.15, 0.2) is 69.9 Å². The van der Waals surface area contributed by atoms with Crippen molar-refractivity contribution >= 4 is 15.9 Å². The minimum absolute atomic E-state index is 0.00742. The van der Waals surface area contributed by atoms with Gasteiger partial charge in [-0.2, -0.15) is 13.2 Å². The molecule has 1 heterocycles. The molecule has 0 saturated carbocycles. The number of rotatable bonds is 5. The van der Waals surface area contributed by atoms with Crippen LogP contribution < -0.4 is 10.3 Å². The molecule has 0 bridgehead atoms. The van der Waals surface area contributed by atoms with E-state index >= 15 is 0 Å². The lowest BCUT2D eigenvalue weighted by Gasteiger charge is -2.16. The van der Waals surface area contributed by atoms with Crippen LogP contribution in [0, 0.1) is 6.92 Å². The highest BCUT2D eigenvalue weighted by atomic mass is 79.9. The number of aromatic nitrogens is 1. The predicted octanol–water partition coefficient (Wildman–Crippen LogP) is 5.57. The number of hydrogen-bond donors (Lipinski definition) is 0. The fourth-order valence-electron chi connectivity index (χ4n) is 2.86. The van der Waals surface area contributed by atoms with Crippen LogP contribution in [-0.2, 0) is 19.3 Å². The molecule has 7 heteroatoms. The maximum Gasteiger partial charge on any atom is 0.416 e. The number of benzene rings is 2. The average Bonchev–Trinajstić information content (AvgIpc) is 2.67. The van der Waals surface area contributed by atoms with Crippen LogP contribution in [0.25, 0.3) is 0 Å². The highest BCUT2D eigenvalue weighted by Crippen LogP contribution is 2.33. The highest BCUT2D eigenvalue weighted by Gasteiger charge is 2.33. The van der Waals surface area contributed by atoms with Crippen molar-refractivity contribution in [3.05, 3.63) is 97.9 Å². The third-order valence-electron chi connectivity index (χ3n) is 4.30. The van der Waals surface area contributed by atoms with Gasteiger partial charge >= 0.3 is 6.18 Å². The second-order valence-corrected chi connectivity index (χ2v) is 7.08. The largest absolute Gasteiger partial charge is 0.487 e. The van der Waals surface area contributed by atoms with E-state index in [-0.39, 0.29) is 28.0 Å². The zero-order chi connectivity index (χ0) is 20.3. The Morgan fingerprint density at radius 2 is 1.68 bits per heavy atom. The van der Waals surface area contributed by atoms with E-state index in [0.29, 0.717) is 12.2 Å². The number of ether oxygens (including phenoxy) is 1. The lowest BCUT2D eigenvalue weighted by atomic mass is 10.1. The molecule has 28 heavy (non-hydrogen) atoms. The highest BCUT2D eigenvalue weighted by molar-refractivity contribution is 9.10. The molecule has 3 aromatic rings. The first kappa shape index (κ1) is 20.2. The monoisotopic (exact) mass is 451 g/mol. The Kier molecular flexibility index (Phi) is 5.93. The molecule has 0 aliphatic carbocycles. The predicted molar refractivity (Wildman–Crippen MR) is 104 cm³/mol. The standard InChI is InChI=1S/C21H17BrF3NO2/c1-14-11-18(28-13-16-9-5-6-10-17(16)21(23,24)25)19(22)20(27)26(14)12-15-7-3-2-4-8-15/h2-11H,12-13H2,1H3. The first-order chi connectivity index (χ1) is 13.3. The van der Waals surface area contributed by atoms with Gasteiger partial charge in [0.15, 0.2) is 0 Å². The van der Waals surface area contributed by atoms with Crippen molar-refractivity contribution in [3.8, 4) is 5.75 Å². The summed E-state index contributed by atoms with van der Waals surface area (Å²) in [5, 5.41) is 0. The number of halogens is 4. The smallest absolute Gasteiger partial charge is 0.416 e. The molecule has 3 nitrogen and oxygen atoms in total. The van der Waals surface area contributed by atoms with Gasteiger partial charge in [0.1, 0.15) is 16.8 Å². The molecule has 3 rings (SSSR count). The van der Waals surface area contributed by atoms with Crippen LogP contribution in [-0.4, -0.2) is 4.57 Å². The fraction of sp³-hybridized carbons (Fsp3) is 0.190. The summed E-state index contributed by atoms with van der Waals surface area (Å²) in [4.78, 5) is 12.7. The molecule has 0 radical (unpaired) electrons. The molecule has 0 amide bonds. The third-order valence-corrected chi connectivity index (χ3v) is 5.03. The van der Waals surface area contributed by atoms with Crippen LogP contribution in [0.2, 0.25) is 0 Å². The number of pyridine rings is 1. The molecule has 0 saturated heterocycles. The minimum atomic E-state index is -4.47. The van der Waals surface area contributed by atoms with E-state index in [2.05, 4.69) is 15.9 Å². The van der Waals surface area contributed by atoms with Gasteiger partial charge in [0.2, 0.25) is 0 Å². The Balaban J connectivity index is 1.86. The van der Waals surface area contributed by atoms with Crippen LogP contribution in [0.5, 0.6) is 5.75 Å². The molecule has 0 unspecified atom stereocenters. The third kappa shape index (κ3) is 4.47. The van der Waals surface area contributed by atoms with Crippen molar-refractivity contribution in [1.82, 2.24) is 4.57 Å². The van der Waals surface area contributed by atoms with E-state index in [1.54, 1.807) is 17.6 Å². The lowest BCUT2D eigenvalue weighted by Crippen LogP contribution is -2.24. The summed E-state index contributed by atoms with van der Waals surface area (Å²) >= 11 is 3.23. The first-order valence-electron chi connectivity index (χ1n) is 8.49. The Morgan fingerprint density at radius 1 is 1.04 bits per heavy atom. The Labute approximate surface area is 168 Å². The van der Waals surface area contributed by atoms with Crippen molar-refractivity contribution in [2.75, 3.05) is 0 Å². The van der Waals surface area contributed by atoms with Gasteiger partial charge in [0.05, 0.1) is 12.1 Å². The van der Waals surface area contributed by atoms with Crippen molar-refractivity contribution in [2.45, 2.75) is 26.3 Å². The quantitative estimate of drug-likeness (QED) is 0.507. The van der Waals surface area contributed by atoms with Gasteiger partial charge in [-0.05, 0) is 34.5 Å². The van der Waals surface area contributed by atoms with Gasteiger partial charge < -0.3 is 9.30 Å². The Bertz CT molecular complexity index is 1030. The summed E-state index contributed by atoms with van der Waals surface area (Å²) in [7, 11) is 0. The molecule has 1 aromatic heterocycles. The molecular formula is C21H17BrF3NO2. The summed E-state index contributed by atoms with van der Waals surface area (Å²) in [6, 6.07) is 16.4. The summed E-state index contributed by atoms with van der Waals surface area (Å²) in [5.41, 5.74) is 0.569. The molecular weight excluding hydrogens is 435 g/mol. The number of alkyl halides is 3. The van der Waals surface area contributed by atoms with Crippen LogP contribution in [0.1, 0.15) is 22.4 Å². The van der Waals surface area contributed by atoms with Gasteiger partial charge in [0.25, 0.3) is 5.56 Å². The van der Waals surface area contributed by atoms with Gasteiger partial charge in [-0.25, -0.2) is 0 Å². The normalized spacial score (nSPS) is 11.5. The number of hydrogen-bond acceptors (Lipinski definition) is 2. The van der Waals surface area contributed by atoms with Crippen molar-refractivity contribution in [3.63, 3.8) is 0 Å². The van der Waals surface area contributed by atoms with Gasteiger partial charge in [-0.15, -0.1) is 0 Å². The molecule has 2 aromatic carbocycles. The maximum atomic E-state index is 13.1. The zero-order valence-corrected chi connectivity index (χ0v) is 16.5. The Morgan fingerprint density at radius 3 is 2.36 bits per heavy atom. The topological polar surface area (TPSA) is 31.2 Å². The number of nitrogens with zero attached hydrogens (tertiary/aromatic N) is 1. The summed E-state index contributed by atoms with van der Waals surface area (Å²) < 4.78 is 46.7.